The fourth-order valence-corrected chi connectivity index (χ4v) is 4.85. The van der Waals surface area contributed by atoms with Crippen molar-refractivity contribution in [2.45, 2.75) is 17.7 Å². The summed E-state index contributed by atoms with van der Waals surface area (Å²) in [6, 6.07) is 12.0. The number of para-hydroxylation sites is 2. The number of nitrogens with one attached hydrogen (secondary N) is 1. The Hall–Kier alpha value is -2.91. The number of benzene rings is 2. The number of ether oxygens (including phenoxy) is 1. The normalized spacial score (nSPS) is 18.6. The molecule has 1 fully saturated rings. The van der Waals surface area contributed by atoms with Gasteiger partial charge in [-0.3, -0.25) is 9.59 Å². The molecule has 4 rings (SSSR count). The lowest BCUT2D eigenvalue weighted by Crippen LogP contribution is -2.36. The molecule has 2 aliphatic heterocycles. The topological polar surface area (TPSA) is 96.0 Å². The highest BCUT2D eigenvalue weighted by Crippen LogP contribution is 2.36. The van der Waals surface area contributed by atoms with E-state index in [1.54, 1.807) is 41.2 Å². The predicted molar refractivity (Wildman–Crippen MR) is 112 cm³/mol. The highest BCUT2D eigenvalue weighted by atomic mass is 32.2. The first kappa shape index (κ1) is 20.4. The van der Waals surface area contributed by atoms with Crippen LogP contribution in [0.15, 0.2) is 47.4 Å². The SMILES string of the molecule is CNS(=O)(=O)c1ccc2c(c1)CCN2C(=O)C1CC(=O)N(c2ccccc2OC)C1. The van der Waals surface area contributed by atoms with Crippen molar-refractivity contribution in [3.05, 3.63) is 48.0 Å². The second-order valence-corrected chi connectivity index (χ2v) is 9.20. The van der Waals surface area contributed by atoms with Gasteiger partial charge in [0, 0.05) is 25.2 Å². The van der Waals surface area contributed by atoms with Crippen molar-refractivity contribution in [3.8, 4) is 5.75 Å². The van der Waals surface area contributed by atoms with Crippen molar-refractivity contribution in [1.29, 1.82) is 0 Å². The van der Waals surface area contributed by atoms with Crippen molar-refractivity contribution in [3.63, 3.8) is 0 Å². The van der Waals surface area contributed by atoms with E-state index < -0.39 is 15.9 Å². The summed E-state index contributed by atoms with van der Waals surface area (Å²) in [7, 11) is -0.630. The average molecular weight is 429 g/mol. The molecule has 2 amide bonds. The number of methoxy groups -OCH3 is 1. The van der Waals surface area contributed by atoms with Crippen LogP contribution in [-0.2, 0) is 26.0 Å². The molecule has 1 N–H and O–H groups in total. The summed E-state index contributed by atoms with van der Waals surface area (Å²) >= 11 is 0. The minimum Gasteiger partial charge on any atom is -0.495 e. The largest absolute Gasteiger partial charge is 0.495 e. The molecule has 2 aliphatic rings. The minimum absolute atomic E-state index is 0.118. The highest BCUT2D eigenvalue weighted by molar-refractivity contribution is 7.89. The number of hydrogen-bond acceptors (Lipinski definition) is 5. The van der Waals surface area contributed by atoms with Crippen LogP contribution >= 0.6 is 0 Å². The van der Waals surface area contributed by atoms with Gasteiger partial charge in [-0.25, -0.2) is 13.1 Å². The number of nitrogens with zero attached hydrogens (tertiary/aromatic N) is 2. The van der Waals surface area contributed by atoms with Crippen molar-refractivity contribution in [2.24, 2.45) is 5.92 Å². The number of carbonyl (C=O) groups excluding carboxylic acids is 2. The van der Waals surface area contributed by atoms with Crippen LogP contribution in [0.1, 0.15) is 12.0 Å². The van der Waals surface area contributed by atoms with Gasteiger partial charge >= 0.3 is 0 Å². The lowest BCUT2D eigenvalue weighted by Gasteiger charge is -2.22. The van der Waals surface area contributed by atoms with Gasteiger partial charge in [0.2, 0.25) is 21.8 Å². The van der Waals surface area contributed by atoms with Gasteiger partial charge in [-0.2, -0.15) is 0 Å². The third-order valence-corrected chi connectivity index (χ3v) is 7.05. The Morgan fingerprint density at radius 3 is 2.67 bits per heavy atom. The second-order valence-electron chi connectivity index (χ2n) is 7.32. The fraction of sp³-hybridized carbons (Fsp3) is 0.333. The molecule has 1 unspecified atom stereocenters. The lowest BCUT2D eigenvalue weighted by atomic mass is 10.1. The number of hydrogen-bond donors (Lipinski definition) is 1. The van der Waals surface area contributed by atoms with Crippen LogP contribution < -0.4 is 19.3 Å². The summed E-state index contributed by atoms with van der Waals surface area (Å²) in [4.78, 5) is 29.3. The molecule has 1 saturated heterocycles. The van der Waals surface area contributed by atoms with Gasteiger partial charge in [-0.15, -0.1) is 0 Å². The molecule has 0 spiro atoms. The van der Waals surface area contributed by atoms with Gasteiger partial charge in [-0.05, 0) is 49.4 Å². The van der Waals surface area contributed by atoms with E-state index >= 15 is 0 Å². The van der Waals surface area contributed by atoms with E-state index in [0.717, 1.165) is 5.56 Å². The Bertz CT molecular complexity index is 1120. The summed E-state index contributed by atoms with van der Waals surface area (Å²) < 4.78 is 31.7. The van der Waals surface area contributed by atoms with Gasteiger partial charge in [0.25, 0.3) is 0 Å². The molecule has 2 aromatic carbocycles. The molecule has 0 aromatic heterocycles. The Morgan fingerprint density at radius 1 is 1.17 bits per heavy atom. The van der Waals surface area contributed by atoms with E-state index in [1.165, 1.54) is 13.1 Å². The van der Waals surface area contributed by atoms with Crippen molar-refractivity contribution in [2.75, 3.05) is 37.0 Å². The molecule has 0 aliphatic carbocycles. The summed E-state index contributed by atoms with van der Waals surface area (Å²) in [5.41, 5.74) is 2.17. The zero-order valence-corrected chi connectivity index (χ0v) is 17.6. The van der Waals surface area contributed by atoms with Crippen molar-refractivity contribution in [1.82, 2.24) is 4.72 Å². The molecule has 158 valence electrons. The van der Waals surface area contributed by atoms with Gasteiger partial charge in [0.15, 0.2) is 0 Å². The summed E-state index contributed by atoms with van der Waals surface area (Å²) in [6.07, 6.45) is 0.708. The molecule has 9 heteroatoms. The Morgan fingerprint density at radius 2 is 1.93 bits per heavy atom. The molecule has 1 atom stereocenters. The Labute approximate surface area is 175 Å². The molecule has 2 heterocycles. The number of anilines is 2. The second kappa shape index (κ2) is 7.73. The molecule has 0 bridgehead atoms. The highest BCUT2D eigenvalue weighted by Gasteiger charge is 2.40. The average Bonchev–Trinajstić information content (AvgIpc) is 3.36. The van der Waals surface area contributed by atoms with Crippen LogP contribution in [0.25, 0.3) is 0 Å². The molecular formula is C21H23N3O5S. The Balaban J connectivity index is 1.55. The zero-order valence-electron chi connectivity index (χ0n) is 16.8. The smallest absolute Gasteiger partial charge is 0.240 e. The molecule has 0 radical (unpaired) electrons. The maximum absolute atomic E-state index is 13.2. The summed E-state index contributed by atoms with van der Waals surface area (Å²) in [6.45, 7) is 0.757. The maximum Gasteiger partial charge on any atom is 0.240 e. The van der Waals surface area contributed by atoms with E-state index in [0.29, 0.717) is 30.1 Å². The molecule has 30 heavy (non-hydrogen) atoms. The van der Waals surface area contributed by atoms with Crippen LogP contribution in [0.5, 0.6) is 5.75 Å². The van der Waals surface area contributed by atoms with Crippen LogP contribution in [0.2, 0.25) is 0 Å². The number of amides is 2. The number of carbonyl (C=O) groups is 2. The number of sulfonamides is 1. The van der Waals surface area contributed by atoms with Gasteiger partial charge in [0.1, 0.15) is 5.75 Å². The molecule has 0 saturated carbocycles. The Kier molecular flexibility index (Phi) is 5.25. The monoisotopic (exact) mass is 429 g/mol. The fourth-order valence-electron chi connectivity index (χ4n) is 4.07. The zero-order chi connectivity index (χ0) is 21.5. The minimum atomic E-state index is -3.54. The number of rotatable bonds is 5. The standard InChI is InChI=1S/C21H23N3O5S/c1-22-30(27,28)16-7-8-17-14(11-16)9-10-23(17)21(26)15-12-20(25)24(13-15)18-5-3-4-6-19(18)29-2/h3-8,11,15,22H,9-10,12-13H2,1-2H3. The van der Waals surface area contributed by atoms with Crippen LogP contribution in [0.3, 0.4) is 0 Å². The quantitative estimate of drug-likeness (QED) is 0.778. The van der Waals surface area contributed by atoms with Gasteiger partial charge in [0.05, 0.1) is 23.6 Å². The third kappa shape index (κ3) is 3.44. The van der Waals surface area contributed by atoms with Crippen molar-refractivity contribution >= 4 is 33.2 Å². The summed E-state index contributed by atoms with van der Waals surface area (Å²) in [5.74, 6) is -0.116. The van der Waals surface area contributed by atoms with Gasteiger partial charge in [-0.1, -0.05) is 12.1 Å². The van der Waals surface area contributed by atoms with Gasteiger partial charge < -0.3 is 14.5 Å². The van der Waals surface area contributed by atoms with E-state index in [2.05, 4.69) is 4.72 Å². The predicted octanol–water partition coefficient (Wildman–Crippen LogP) is 1.55. The van der Waals surface area contributed by atoms with Crippen molar-refractivity contribution < 1.29 is 22.7 Å². The number of fused-ring (bicyclic) bond motifs is 1. The molecule has 2 aromatic rings. The van der Waals surface area contributed by atoms with Crippen LogP contribution in [0, 0.1) is 5.92 Å². The van der Waals surface area contributed by atoms with Crippen LogP contribution in [0.4, 0.5) is 11.4 Å². The molecular weight excluding hydrogens is 406 g/mol. The maximum atomic E-state index is 13.2. The van der Waals surface area contributed by atoms with E-state index in [-0.39, 0.29) is 29.7 Å². The van der Waals surface area contributed by atoms with E-state index in [4.69, 9.17) is 4.74 Å². The molecule has 8 nitrogen and oxygen atoms in total. The van der Waals surface area contributed by atoms with E-state index in [9.17, 15) is 18.0 Å². The lowest BCUT2D eigenvalue weighted by molar-refractivity contribution is -0.124. The first-order chi connectivity index (χ1) is 14.4. The first-order valence-electron chi connectivity index (χ1n) is 9.67. The van der Waals surface area contributed by atoms with Crippen LogP contribution in [-0.4, -0.2) is 47.5 Å². The summed E-state index contributed by atoms with van der Waals surface area (Å²) in [5, 5.41) is 0. The van der Waals surface area contributed by atoms with E-state index in [1.807, 2.05) is 12.1 Å². The third-order valence-electron chi connectivity index (χ3n) is 5.64. The first-order valence-corrected chi connectivity index (χ1v) is 11.1.